The zero-order valence-electron chi connectivity index (χ0n) is 10.6. The van der Waals surface area contributed by atoms with Crippen LogP contribution in [0.3, 0.4) is 0 Å². The number of ether oxygens (including phenoxy) is 1. The van der Waals surface area contributed by atoms with Gasteiger partial charge in [-0.15, -0.1) is 13.2 Å². The van der Waals surface area contributed by atoms with Crippen molar-refractivity contribution in [3.05, 3.63) is 29.8 Å². The van der Waals surface area contributed by atoms with E-state index in [9.17, 15) is 18.0 Å². The van der Waals surface area contributed by atoms with Crippen LogP contribution in [0.15, 0.2) is 24.3 Å². The second-order valence-electron chi connectivity index (χ2n) is 4.85. The Morgan fingerprint density at radius 3 is 2.40 bits per heavy atom. The van der Waals surface area contributed by atoms with Crippen LogP contribution >= 0.6 is 0 Å². The van der Waals surface area contributed by atoms with E-state index in [0.29, 0.717) is 19.6 Å². The van der Waals surface area contributed by atoms with E-state index in [2.05, 4.69) is 4.74 Å². The Hall–Kier alpha value is -1.76. The first-order valence-electron chi connectivity index (χ1n) is 6.10. The van der Waals surface area contributed by atoms with Crippen LogP contribution in [0.2, 0.25) is 0 Å². The average Bonchev–Trinajstić information content (AvgIpc) is 2.26. The zero-order valence-corrected chi connectivity index (χ0v) is 10.6. The number of carbonyl (C=O) groups is 1. The van der Waals surface area contributed by atoms with Crippen LogP contribution in [0.1, 0.15) is 12.0 Å². The van der Waals surface area contributed by atoms with Gasteiger partial charge >= 0.3 is 12.3 Å². The summed E-state index contributed by atoms with van der Waals surface area (Å²) in [4.78, 5) is 12.5. The lowest BCUT2D eigenvalue weighted by Crippen LogP contribution is -2.46. The molecule has 2 rings (SSSR count). The minimum absolute atomic E-state index is 0.162. The van der Waals surface area contributed by atoms with E-state index in [1.807, 2.05) is 4.90 Å². The number of alkyl halides is 3. The monoisotopic (exact) mass is 289 g/mol. The molecule has 0 amide bonds. The van der Waals surface area contributed by atoms with Crippen LogP contribution < -0.4 is 4.74 Å². The molecule has 0 radical (unpaired) electrons. The van der Waals surface area contributed by atoms with Crippen LogP contribution in [0.5, 0.6) is 5.75 Å². The highest BCUT2D eigenvalue weighted by atomic mass is 19.4. The lowest BCUT2D eigenvalue weighted by atomic mass is 9.96. The first kappa shape index (κ1) is 14.6. The molecule has 0 aromatic heterocycles. The van der Waals surface area contributed by atoms with Crippen LogP contribution in [0.4, 0.5) is 13.2 Å². The maximum absolute atomic E-state index is 12.0. The zero-order chi connectivity index (χ0) is 14.8. The molecule has 0 unspecified atom stereocenters. The van der Waals surface area contributed by atoms with Crippen LogP contribution in [-0.4, -0.2) is 35.4 Å². The summed E-state index contributed by atoms with van der Waals surface area (Å²) in [7, 11) is 0. The molecule has 1 saturated heterocycles. The highest BCUT2D eigenvalue weighted by Crippen LogP contribution is 2.25. The van der Waals surface area contributed by atoms with Crippen molar-refractivity contribution in [3.8, 4) is 5.75 Å². The van der Waals surface area contributed by atoms with E-state index in [0.717, 1.165) is 5.56 Å². The summed E-state index contributed by atoms with van der Waals surface area (Å²) in [5, 5.41) is 8.62. The predicted octanol–water partition coefficient (Wildman–Crippen LogP) is 2.49. The van der Waals surface area contributed by atoms with Crippen molar-refractivity contribution in [1.29, 1.82) is 0 Å². The summed E-state index contributed by atoms with van der Waals surface area (Å²) in [5.74, 6) is -0.878. The molecule has 1 fully saturated rings. The molecule has 0 atom stereocenters. The van der Waals surface area contributed by atoms with Gasteiger partial charge in [-0.2, -0.15) is 0 Å². The molecular formula is C13H14F3NO3. The van der Waals surface area contributed by atoms with E-state index in [1.165, 1.54) is 12.1 Å². The van der Waals surface area contributed by atoms with Crippen molar-refractivity contribution >= 4 is 5.97 Å². The standard InChI is InChI=1S/C13H14F3NO3/c14-13(15,16)20-11-3-1-9(2-4-11)6-17-7-10(8-17)5-12(18)19/h1-4,10H,5-8H2,(H,18,19). The topological polar surface area (TPSA) is 49.8 Å². The van der Waals surface area contributed by atoms with Crippen LogP contribution in [0, 0.1) is 5.92 Å². The van der Waals surface area contributed by atoms with Gasteiger partial charge in [-0.1, -0.05) is 12.1 Å². The largest absolute Gasteiger partial charge is 0.573 e. The lowest BCUT2D eigenvalue weighted by Gasteiger charge is -2.38. The third-order valence-electron chi connectivity index (χ3n) is 3.06. The Kier molecular flexibility index (Phi) is 4.17. The number of nitrogens with zero attached hydrogens (tertiary/aromatic N) is 1. The minimum atomic E-state index is -4.68. The number of likely N-dealkylation sites (tertiary alicyclic amines) is 1. The van der Waals surface area contributed by atoms with Gasteiger partial charge in [0.15, 0.2) is 0 Å². The van der Waals surface area contributed by atoms with Gasteiger partial charge < -0.3 is 9.84 Å². The normalized spacial score (nSPS) is 16.8. The van der Waals surface area contributed by atoms with Gasteiger partial charge in [0.1, 0.15) is 5.75 Å². The van der Waals surface area contributed by atoms with E-state index >= 15 is 0 Å². The van der Waals surface area contributed by atoms with Gasteiger partial charge in [0.2, 0.25) is 0 Å². The SMILES string of the molecule is O=C(O)CC1CN(Cc2ccc(OC(F)(F)F)cc2)C1. The molecule has 1 aliphatic heterocycles. The summed E-state index contributed by atoms with van der Waals surface area (Å²) < 4.78 is 39.7. The number of halogens is 3. The number of carboxylic acids is 1. The molecular weight excluding hydrogens is 275 g/mol. The average molecular weight is 289 g/mol. The Balaban J connectivity index is 1.79. The van der Waals surface area contributed by atoms with E-state index in [4.69, 9.17) is 5.11 Å². The third-order valence-corrected chi connectivity index (χ3v) is 3.06. The van der Waals surface area contributed by atoms with Crippen molar-refractivity contribution in [3.63, 3.8) is 0 Å². The van der Waals surface area contributed by atoms with Crippen LogP contribution in [-0.2, 0) is 11.3 Å². The number of aliphatic carboxylic acids is 1. The Morgan fingerprint density at radius 1 is 1.30 bits per heavy atom. The van der Waals surface area contributed by atoms with Gasteiger partial charge in [-0.3, -0.25) is 9.69 Å². The van der Waals surface area contributed by atoms with Gasteiger partial charge in [0.25, 0.3) is 0 Å². The van der Waals surface area contributed by atoms with Crippen molar-refractivity contribution in [2.75, 3.05) is 13.1 Å². The van der Waals surface area contributed by atoms with E-state index in [-0.39, 0.29) is 18.1 Å². The molecule has 1 N–H and O–H groups in total. The fourth-order valence-electron chi connectivity index (χ4n) is 2.24. The number of rotatable bonds is 5. The number of benzene rings is 1. The third kappa shape index (κ3) is 4.41. The van der Waals surface area contributed by atoms with E-state index < -0.39 is 12.3 Å². The molecule has 0 bridgehead atoms. The fraction of sp³-hybridized carbons (Fsp3) is 0.462. The molecule has 20 heavy (non-hydrogen) atoms. The molecule has 0 spiro atoms. The summed E-state index contributed by atoms with van der Waals surface area (Å²) in [6.45, 7) is 2.00. The van der Waals surface area contributed by atoms with Crippen molar-refractivity contribution in [2.24, 2.45) is 5.92 Å². The number of hydrogen-bond donors (Lipinski definition) is 1. The van der Waals surface area contributed by atoms with Crippen LogP contribution in [0.25, 0.3) is 0 Å². The molecule has 1 aromatic rings. The highest BCUT2D eigenvalue weighted by Gasteiger charge is 2.31. The molecule has 0 aliphatic carbocycles. The minimum Gasteiger partial charge on any atom is -0.481 e. The Morgan fingerprint density at radius 2 is 1.90 bits per heavy atom. The first-order valence-corrected chi connectivity index (χ1v) is 6.10. The predicted molar refractivity (Wildman–Crippen MR) is 64.1 cm³/mol. The van der Waals surface area contributed by atoms with Crippen molar-refractivity contribution in [1.82, 2.24) is 4.90 Å². The maximum Gasteiger partial charge on any atom is 0.573 e. The molecule has 4 nitrogen and oxygen atoms in total. The Labute approximate surface area is 113 Å². The van der Waals surface area contributed by atoms with Gasteiger partial charge in [0, 0.05) is 19.6 Å². The molecule has 7 heteroatoms. The summed E-state index contributed by atoms with van der Waals surface area (Å²) >= 11 is 0. The second kappa shape index (κ2) is 5.70. The molecule has 1 heterocycles. The van der Waals surface area contributed by atoms with Gasteiger partial charge in [-0.25, -0.2) is 0 Å². The fourth-order valence-corrected chi connectivity index (χ4v) is 2.24. The molecule has 0 saturated carbocycles. The van der Waals surface area contributed by atoms with E-state index in [1.54, 1.807) is 12.1 Å². The van der Waals surface area contributed by atoms with Crippen molar-refractivity contribution < 1.29 is 27.8 Å². The molecule has 1 aliphatic rings. The first-order chi connectivity index (χ1) is 9.32. The smallest absolute Gasteiger partial charge is 0.481 e. The molecule has 110 valence electrons. The maximum atomic E-state index is 12.0. The summed E-state index contributed by atoms with van der Waals surface area (Å²) in [5.41, 5.74) is 0.869. The van der Waals surface area contributed by atoms with Gasteiger partial charge in [0.05, 0.1) is 6.42 Å². The quantitative estimate of drug-likeness (QED) is 0.904. The summed E-state index contributed by atoms with van der Waals surface area (Å²) in [6, 6.07) is 5.70. The highest BCUT2D eigenvalue weighted by molar-refractivity contribution is 5.67. The summed E-state index contributed by atoms with van der Waals surface area (Å²) in [6.07, 6.45) is -4.52. The second-order valence-corrected chi connectivity index (χ2v) is 4.85. The number of carboxylic acid groups (broad SMARTS) is 1. The van der Waals surface area contributed by atoms with Crippen molar-refractivity contribution in [2.45, 2.75) is 19.3 Å². The van der Waals surface area contributed by atoms with Gasteiger partial charge in [-0.05, 0) is 23.6 Å². The molecule has 1 aromatic carbocycles. The Bertz CT molecular complexity index is 467. The number of hydrogen-bond acceptors (Lipinski definition) is 3. The lowest BCUT2D eigenvalue weighted by molar-refractivity contribution is -0.274.